The fourth-order valence-corrected chi connectivity index (χ4v) is 3.12. The lowest BCUT2D eigenvalue weighted by atomic mass is 9.80. The van der Waals surface area contributed by atoms with E-state index in [0.717, 1.165) is 6.42 Å². The van der Waals surface area contributed by atoms with E-state index in [-0.39, 0.29) is 0 Å². The van der Waals surface area contributed by atoms with Gasteiger partial charge in [-0.1, -0.05) is 37.1 Å². The van der Waals surface area contributed by atoms with Crippen LogP contribution in [0.4, 0.5) is 0 Å². The van der Waals surface area contributed by atoms with Gasteiger partial charge in [0.15, 0.2) is 0 Å². The molecule has 1 saturated carbocycles. The second-order valence-corrected chi connectivity index (χ2v) is 5.88. The Morgan fingerprint density at radius 1 is 1.26 bits per heavy atom. The largest absolute Gasteiger partial charge is 0.261 e. The van der Waals surface area contributed by atoms with Crippen molar-refractivity contribution in [3.8, 4) is 0 Å². The molecule has 1 fully saturated rings. The lowest BCUT2D eigenvalue weighted by Gasteiger charge is -2.26. The summed E-state index contributed by atoms with van der Waals surface area (Å²) in [6.45, 7) is 2.23. The number of unbranched alkanes of at least 4 members (excludes halogenated alkanes) is 1. The molecule has 0 atom stereocenters. The predicted molar refractivity (Wildman–Crippen MR) is 82.5 cm³/mol. The summed E-state index contributed by atoms with van der Waals surface area (Å²) in [5, 5.41) is 0. The zero-order valence-electron chi connectivity index (χ0n) is 11.8. The minimum atomic E-state index is 0.653. The zero-order valence-corrected chi connectivity index (χ0v) is 12.6. The summed E-state index contributed by atoms with van der Waals surface area (Å²) in [4.78, 5) is 4.68. The standard InChI is InChI=1S/C17H24ClN/c1-2-3-4-15-7-10-17(19-13-15)16-8-5-14(6-9-16)11-12-18/h7,10-14,16H,2-6,8-9H2,1H3. The van der Waals surface area contributed by atoms with Crippen LogP contribution in [0.5, 0.6) is 0 Å². The van der Waals surface area contributed by atoms with Crippen LogP contribution in [0.15, 0.2) is 29.9 Å². The highest BCUT2D eigenvalue weighted by molar-refractivity contribution is 6.25. The van der Waals surface area contributed by atoms with Crippen LogP contribution in [0.1, 0.15) is 62.6 Å². The van der Waals surface area contributed by atoms with Crippen molar-refractivity contribution in [1.29, 1.82) is 0 Å². The number of pyridine rings is 1. The number of hydrogen-bond acceptors (Lipinski definition) is 1. The second kappa shape index (κ2) is 7.69. The maximum atomic E-state index is 5.65. The molecule has 0 aromatic carbocycles. The lowest BCUT2D eigenvalue weighted by molar-refractivity contribution is 0.371. The topological polar surface area (TPSA) is 12.9 Å². The fraction of sp³-hybridized carbons (Fsp3) is 0.588. The summed E-state index contributed by atoms with van der Waals surface area (Å²) in [6.07, 6.45) is 12.9. The highest BCUT2D eigenvalue weighted by Crippen LogP contribution is 2.35. The van der Waals surface area contributed by atoms with Gasteiger partial charge in [-0.2, -0.15) is 0 Å². The van der Waals surface area contributed by atoms with Crippen LogP contribution >= 0.6 is 11.6 Å². The predicted octanol–water partition coefficient (Wildman–Crippen LogP) is 5.45. The van der Waals surface area contributed by atoms with Gasteiger partial charge in [0.2, 0.25) is 0 Å². The molecule has 0 unspecified atom stereocenters. The Bertz CT molecular complexity index is 388. The molecule has 0 bridgehead atoms. The Hall–Kier alpha value is -0.820. The summed E-state index contributed by atoms with van der Waals surface area (Å²) in [5.41, 5.74) is 4.34. The van der Waals surface area contributed by atoms with Crippen molar-refractivity contribution in [2.24, 2.45) is 5.92 Å². The van der Waals surface area contributed by atoms with Crippen molar-refractivity contribution in [2.45, 2.75) is 57.8 Å². The number of nitrogens with zero attached hydrogens (tertiary/aromatic N) is 1. The molecule has 1 heterocycles. The molecule has 0 spiro atoms. The Morgan fingerprint density at radius 3 is 2.63 bits per heavy atom. The molecule has 1 nitrogen and oxygen atoms in total. The molecule has 104 valence electrons. The van der Waals surface area contributed by atoms with Gasteiger partial charge in [0, 0.05) is 23.3 Å². The SMILES string of the molecule is CCCCc1ccc(C2CCC(C=CCl)CC2)nc1. The van der Waals surface area contributed by atoms with E-state index < -0.39 is 0 Å². The molecule has 19 heavy (non-hydrogen) atoms. The van der Waals surface area contributed by atoms with E-state index in [4.69, 9.17) is 11.6 Å². The first-order valence-corrected chi connectivity index (χ1v) is 7.98. The van der Waals surface area contributed by atoms with E-state index in [0.29, 0.717) is 11.8 Å². The van der Waals surface area contributed by atoms with E-state index in [1.54, 1.807) is 5.54 Å². The molecule has 1 aromatic rings. The third-order valence-electron chi connectivity index (χ3n) is 4.20. The molecular formula is C17H24ClN. The second-order valence-electron chi connectivity index (χ2n) is 5.63. The van der Waals surface area contributed by atoms with Crippen molar-refractivity contribution in [3.05, 3.63) is 41.2 Å². The molecule has 0 radical (unpaired) electrons. The normalized spacial score (nSPS) is 23.9. The van der Waals surface area contributed by atoms with Crippen LogP contribution in [-0.4, -0.2) is 4.98 Å². The highest BCUT2D eigenvalue weighted by Gasteiger charge is 2.21. The average molecular weight is 278 g/mol. The van der Waals surface area contributed by atoms with Crippen LogP contribution in [0.2, 0.25) is 0 Å². The van der Waals surface area contributed by atoms with Gasteiger partial charge in [-0.15, -0.1) is 0 Å². The maximum Gasteiger partial charge on any atom is 0.0434 e. The van der Waals surface area contributed by atoms with Gasteiger partial charge in [-0.3, -0.25) is 4.98 Å². The number of rotatable bonds is 5. The Balaban J connectivity index is 1.89. The number of aromatic nitrogens is 1. The van der Waals surface area contributed by atoms with Crippen molar-refractivity contribution in [1.82, 2.24) is 4.98 Å². The minimum Gasteiger partial charge on any atom is -0.261 e. The van der Waals surface area contributed by atoms with Crippen molar-refractivity contribution >= 4 is 11.6 Å². The fourth-order valence-electron chi connectivity index (χ4n) is 2.92. The first kappa shape index (κ1) is 14.6. The number of hydrogen-bond donors (Lipinski definition) is 0. The van der Waals surface area contributed by atoms with Gasteiger partial charge in [-0.25, -0.2) is 0 Å². The van der Waals surface area contributed by atoms with Gasteiger partial charge in [-0.05, 0) is 56.1 Å². The van der Waals surface area contributed by atoms with Crippen molar-refractivity contribution in [2.75, 3.05) is 0 Å². The monoisotopic (exact) mass is 277 g/mol. The summed E-state index contributed by atoms with van der Waals surface area (Å²) in [5.74, 6) is 1.33. The molecular weight excluding hydrogens is 254 g/mol. The summed E-state index contributed by atoms with van der Waals surface area (Å²) >= 11 is 5.65. The van der Waals surface area contributed by atoms with E-state index >= 15 is 0 Å². The first-order valence-electron chi connectivity index (χ1n) is 7.55. The third kappa shape index (κ3) is 4.35. The summed E-state index contributed by atoms with van der Waals surface area (Å²) in [6, 6.07) is 4.51. The lowest BCUT2D eigenvalue weighted by Crippen LogP contribution is -2.12. The van der Waals surface area contributed by atoms with Gasteiger partial charge in [0.25, 0.3) is 0 Å². The van der Waals surface area contributed by atoms with Gasteiger partial charge < -0.3 is 0 Å². The third-order valence-corrected chi connectivity index (χ3v) is 4.35. The number of halogens is 1. The summed E-state index contributed by atoms with van der Waals surface area (Å²) in [7, 11) is 0. The smallest absolute Gasteiger partial charge is 0.0434 e. The van der Waals surface area contributed by atoms with Gasteiger partial charge in [0.05, 0.1) is 0 Å². The van der Waals surface area contributed by atoms with Crippen LogP contribution in [0.3, 0.4) is 0 Å². The molecule has 2 rings (SSSR count). The van der Waals surface area contributed by atoms with Crippen molar-refractivity contribution < 1.29 is 0 Å². The maximum absolute atomic E-state index is 5.65. The van der Waals surface area contributed by atoms with Crippen LogP contribution in [0.25, 0.3) is 0 Å². The number of aryl methyl sites for hydroxylation is 1. The quantitative estimate of drug-likeness (QED) is 0.697. The average Bonchev–Trinajstić information content (AvgIpc) is 2.47. The Kier molecular flexibility index (Phi) is 5.91. The molecule has 0 saturated heterocycles. The molecule has 1 aliphatic rings. The molecule has 0 aliphatic heterocycles. The van der Waals surface area contributed by atoms with E-state index in [2.05, 4.69) is 36.3 Å². The first-order chi connectivity index (χ1) is 9.33. The van der Waals surface area contributed by atoms with Crippen LogP contribution in [0, 0.1) is 5.92 Å². The number of allylic oxidation sites excluding steroid dienone is 1. The summed E-state index contributed by atoms with van der Waals surface area (Å²) < 4.78 is 0. The van der Waals surface area contributed by atoms with E-state index in [1.165, 1.54) is 49.8 Å². The molecule has 0 amide bonds. The molecule has 0 N–H and O–H groups in total. The van der Waals surface area contributed by atoms with Crippen LogP contribution in [-0.2, 0) is 6.42 Å². The molecule has 2 heteroatoms. The Labute approximate surface area is 122 Å². The van der Waals surface area contributed by atoms with E-state index in [1.807, 2.05) is 0 Å². The van der Waals surface area contributed by atoms with Gasteiger partial charge >= 0.3 is 0 Å². The highest BCUT2D eigenvalue weighted by atomic mass is 35.5. The zero-order chi connectivity index (χ0) is 13.5. The van der Waals surface area contributed by atoms with Crippen molar-refractivity contribution in [3.63, 3.8) is 0 Å². The molecule has 1 aromatic heterocycles. The minimum absolute atomic E-state index is 0.653. The van der Waals surface area contributed by atoms with Crippen LogP contribution < -0.4 is 0 Å². The van der Waals surface area contributed by atoms with Gasteiger partial charge in [0.1, 0.15) is 0 Å². The Morgan fingerprint density at radius 2 is 2.05 bits per heavy atom. The molecule has 1 aliphatic carbocycles. The van der Waals surface area contributed by atoms with E-state index in [9.17, 15) is 0 Å².